The molecule has 6 nitrogen and oxygen atoms in total. The normalized spacial score (nSPS) is 18.8. The van der Waals surface area contributed by atoms with E-state index in [9.17, 15) is 9.59 Å². The number of aromatic nitrogens is 1. The van der Waals surface area contributed by atoms with Gasteiger partial charge in [0.25, 0.3) is 0 Å². The third kappa shape index (κ3) is 3.93. The molecule has 0 radical (unpaired) electrons. The smallest absolute Gasteiger partial charge is 0.317 e. The number of hydrogen-bond donors (Lipinski definition) is 2. The van der Waals surface area contributed by atoms with E-state index in [1.807, 2.05) is 5.38 Å². The van der Waals surface area contributed by atoms with Crippen molar-refractivity contribution in [2.75, 3.05) is 13.1 Å². The maximum absolute atomic E-state index is 12.0. The van der Waals surface area contributed by atoms with Crippen molar-refractivity contribution >= 4 is 23.3 Å². The van der Waals surface area contributed by atoms with Gasteiger partial charge < -0.3 is 15.3 Å². The van der Waals surface area contributed by atoms with Crippen molar-refractivity contribution in [3.05, 3.63) is 16.1 Å². The van der Waals surface area contributed by atoms with Gasteiger partial charge in [0.2, 0.25) is 0 Å². The molecule has 1 aliphatic heterocycles. The number of carboxylic acid groups (broad SMARTS) is 1. The molecule has 1 fully saturated rings. The Bertz CT molecular complexity index is 536. The van der Waals surface area contributed by atoms with Crippen LogP contribution in [0.5, 0.6) is 0 Å². The van der Waals surface area contributed by atoms with Crippen LogP contribution in [0.4, 0.5) is 4.79 Å². The van der Waals surface area contributed by atoms with Crippen LogP contribution in [0.15, 0.2) is 5.38 Å². The summed E-state index contributed by atoms with van der Waals surface area (Å²) in [5.41, 5.74) is 1.02. The lowest BCUT2D eigenvalue weighted by Gasteiger charge is -2.16. The zero-order valence-electron chi connectivity index (χ0n) is 12.5. The first kappa shape index (κ1) is 15.8. The molecule has 1 unspecified atom stereocenters. The highest BCUT2D eigenvalue weighted by molar-refractivity contribution is 7.09. The number of carboxylic acids is 1. The van der Waals surface area contributed by atoms with Gasteiger partial charge in [0.1, 0.15) is 5.01 Å². The topological polar surface area (TPSA) is 82.5 Å². The lowest BCUT2D eigenvalue weighted by molar-refractivity contribution is -0.141. The molecule has 2 N–H and O–H groups in total. The molecule has 0 aromatic carbocycles. The Kier molecular flexibility index (Phi) is 4.51. The van der Waals surface area contributed by atoms with Crippen LogP contribution < -0.4 is 5.32 Å². The lowest BCUT2D eigenvalue weighted by Crippen LogP contribution is -2.38. The van der Waals surface area contributed by atoms with Crippen molar-refractivity contribution in [2.45, 2.75) is 39.2 Å². The molecular weight excluding hydrogens is 290 g/mol. The van der Waals surface area contributed by atoms with E-state index in [1.54, 1.807) is 4.90 Å². The SMILES string of the molecule is CC(C)(C)c1csc(CNC(=O)N2CCC(C(=O)O)C2)n1. The Morgan fingerprint density at radius 2 is 2.24 bits per heavy atom. The number of hydrogen-bond acceptors (Lipinski definition) is 4. The van der Waals surface area contributed by atoms with Crippen molar-refractivity contribution < 1.29 is 14.7 Å². The molecule has 2 rings (SSSR count). The monoisotopic (exact) mass is 311 g/mol. The molecule has 1 aliphatic rings. The van der Waals surface area contributed by atoms with Gasteiger partial charge in [-0.2, -0.15) is 0 Å². The lowest BCUT2D eigenvalue weighted by atomic mass is 9.93. The fourth-order valence-electron chi connectivity index (χ4n) is 2.15. The van der Waals surface area contributed by atoms with Gasteiger partial charge in [0.05, 0.1) is 18.2 Å². The molecule has 0 bridgehead atoms. The Morgan fingerprint density at radius 3 is 2.76 bits per heavy atom. The zero-order chi connectivity index (χ0) is 15.6. The summed E-state index contributed by atoms with van der Waals surface area (Å²) in [7, 11) is 0. The van der Waals surface area contributed by atoms with E-state index in [0.29, 0.717) is 19.5 Å². The van der Waals surface area contributed by atoms with Crippen molar-refractivity contribution in [3.63, 3.8) is 0 Å². The maximum Gasteiger partial charge on any atom is 0.317 e. The fraction of sp³-hybridized carbons (Fsp3) is 0.643. The number of urea groups is 1. The van der Waals surface area contributed by atoms with Crippen LogP contribution in [0.2, 0.25) is 0 Å². The summed E-state index contributed by atoms with van der Waals surface area (Å²) in [5.74, 6) is -1.27. The summed E-state index contributed by atoms with van der Waals surface area (Å²) in [6.07, 6.45) is 0.522. The van der Waals surface area contributed by atoms with Gasteiger partial charge in [-0.05, 0) is 6.42 Å². The number of nitrogens with one attached hydrogen (secondary N) is 1. The molecule has 1 atom stereocenters. The van der Waals surface area contributed by atoms with Crippen LogP contribution in [-0.2, 0) is 16.8 Å². The second-order valence-corrected chi connectivity index (χ2v) is 7.25. The van der Waals surface area contributed by atoms with Crippen LogP contribution >= 0.6 is 11.3 Å². The standard InChI is InChI=1S/C14H21N3O3S/c1-14(2,3)10-8-21-11(16-10)6-15-13(20)17-5-4-9(7-17)12(18)19/h8-9H,4-7H2,1-3H3,(H,15,20)(H,18,19). The minimum atomic E-state index is -0.833. The summed E-state index contributed by atoms with van der Waals surface area (Å²) in [4.78, 5) is 28.9. The Hall–Kier alpha value is -1.63. The highest BCUT2D eigenvalue weighted by Crippen LogP contribution is 2.24. The minimum Gasteiger partial charge on any atom is -0.481 e. The number of likely N-dealkylation sites (tertiary alicyclic amines) is 1. The van der Waals surface area contributed by atoms with Gasteiger partial charge in [-0.25, -0.2) is 9.78 Å². The van der Waals surface area contributed by atoms with Crippen LogP contribution in [0.3, 0.4) is 0 Å². The summed E-state index contributed by atoms with van der Waals surface area (Å²) in [6, 6.07) is -0.216. The van der Waals surface area contributed by atoms with Gasteiger partial charge >= 0.3 is 12.0 Å². The Labute approximate surface area is 128 Å². The number of carbonyl (C=O) groups excluding carboxylic acids is 1. The van der Waals surface area contributed by atoms with Gasteiger partial charge in [0.15, 0.2) is 0 Å². The summed E-state index contributed by atoms with van der Waals surface area (Å²) in [5, 5.41) is 14.6. The molecule has 1 aromatic heterocycles. The Morgan fingerprint density at radius 1 is 1.52 bits per heavy atom. The first-order valence-electron chi connectivity index (χ1n) is 6.98. The molecule has 7 heteroatoms. The van der Waals surface area contributed by atoms with E-state index >= 15 is 0 Å². The van der Waals surface area contributed by atoms with Crippen LogP contribution in [-0.4, -0.2) is 40.1 Å². The first-order valence-corrected chi connectivity index (χ1v) is 7.86. The minimum absolute atomic E-state index is 0.00240. The number of thiazole rings is 1. The van der Waals surface area contributed by atoms with E-state index in [4.69, 9.17) is 5.11 Å². The summed E-state index contributed by atoms with van der Waals surface area (Å²) in [6.45, 7) is 7.45. The van der Waals surface area contributed by atoms with E-state index in [2.05, 4.69) is 31.1 Å². The quantitative estimate of drug-likeness (QED) is 0.895. The highest BCUT2D eigenvalue weighted by Gasteiger charge is 2.30. The summed E-state index contributed by atoms with van der Waals surface area (Å²) >= 11 is 1.53. The molecule has 2 heterocycles. The van der Waals surface area contributed by atoms with Crippen molar-refractivity contribution in [1.82, 2.24) is 15.2 Å². The second-order valence-electron chi connectivity index (χ2n) is 6.31. The third-order valence-electron chi connectivity index (χ3n) is 3.54. The molecule has 1 saturated heterocycles. The second kappa shape index (κ2) is 6.01. The van der Waals surface area contributed by atoms with Crippen molar-refractivity contribution in [1.29, 1.82) is 0 Å². The van der Waals surface area contributed by atoms with Crippen molar-refractivity contribution in [3.8, 4) is 0 Å². The molecular formula is C14H21N3O3S. The molecule has 2 amide bonds. The zero-order valence-corrected chi connectivity index (χ0v) is 13.4. The van der Waals surface area contributed by atoms with E-state index in [1.165, 1.54) is 11.3 Å². The van der Waals surface area contributed by atoms with Crippen molar-refractivity contribution in [2.24, 2.45) is 5.92 Å². The number of amides is 2. The van der Waals surface area contributed by atoms with Gasteiger partial charge in [0, 0.05) is 23.9 Å². The number of carbonyl (C=O) groups is 2. The van der Waals surface area contributed by atoms with E-state index in [0.717, 1.165) is 10.7 Å². The maximum atomic E-state index is 12.0. The largest absolute Gasteiger partial charge is 0.481 e. The van der Waals surface area contributed by atoms with Gasteiger partial charge in [-0.3, -0.25) is 4.79 Å². The van der Waals surface area contributed by atoms with E-state index in [-0.39, 0.29) is 18.0 Å². The average Bonchev–Trinajstić information content (AvgIpc) is 3.04. The van der Waals surface area contributed by atoms with Gasteiger partial charge in [-0.1, -0.05) is 20.8 Å². The molecule has 116 valence electrons. The van der Waals surface area contributed by atoms with Gasteiger partial charge in [-0.15, -0.1) is 11.3 Å². The number of nitrogens with zero attached hydrogens (tertiary/aromatic N) is 2. The van der Waals surface area contributed by atoms with Crippen LogP contribution in [0, 0.1) is 5.92 Å². The summed E-state index contributed by atoms with van der Waals surface area (Å²) < 4.78 is 0. The number of aliphatic carboxylic acids is 1. The van der Waals surface area contributed by atoms with Crippen LogP contribution in [0.25, 0.3) is 0 Å². The first-order chi connectivity index (χ1) is 9.77. The predicted octanol–water partition coefficient (Wildman–Crippen LogP) is 2.06. The Balaban J connectivity index is 1.85. The molecule has 1 aromatic rings. The molecule has 0 aliphatic carbocycles. The van der Waals surface area contributed by atoms with Crippen LogP contribution in [0.1, 0.15) is 37.9 Å². The highest BCUT2D eigenvalue weighted by atomic mass is 32.1. The molecule has 21 heavy (non-hydrogen) atoms. The average molecular weight is 311 g/mol. The van der Waals surface area contributed by atoms with E-state index < -0.39 is 11.9 Å². The molecule has 0 spiro atoms. The third-order valence-corrected chi connectivity index (χ3v) is 4.38. The predicted molar refractivity (Wildman–Crippen MR) is 80.4 cm³/mol. The number of rotatable bonds is 3. The molecule has 0 saturated carbocycles. The fourth-order valence-corrected chi connectivity index (χ4v) is 3.11.